The summed E-state index contributed by atoms with van der Waals surface area (Å²) in [6, 6.07) is 19.4. The second-order valence-electron chi connectivity index (χ2n) is 9.06. The number of piperidine rings is 1. The molecule has 2 aliphatic heterocycles. The maximum atomic E-state index is 13.3. The maximum Gasteiger partial charge on any atom is 0.255 e. The summed E-state index contributed by atoms with van der Waals surface area (Å²) >= 11 is 0. The number of likely N-dealkylation sites (tertiary alicyclic amines) is 1. The van der Waals surface area contributed by atoms with Crippen molar-refractivity contribution in [3.05, 3.63) is 83.2 Å². The number of benzene rings is 2. The number of nitrogens with zero attached hydrogens (tertiary/aromatic N) is 3. The molecule has 1 saturated heterocycles. The van der Waals surface area contributed by atoms with Crippen molar-refractivity contribution in [1.82, 2.24) is 9.58 Å². The Kier molecular flexibility index (Phi) is 6.19. The van der Waals surface area contributed by atoms with Crippen LogP contribution in [0.4, 0.5) is 5.69 Å². The zero-order chi connectivity index (χ0) is 24.4. The lowest BCUT2D eigenvalue weighted by molar-refractivity contribution is 0.0723. The number of hydrogen-bond donors (Lipinski definition) is 2. The molecule has 1 fully saturated rings. The van der Waals surface area contributed by atoms with Gasteiger partial charge in [0.15, 0.2) is 0 Å². The van der Waals surface area contributed by atoms with E-state index < -0.39 is 0 Å². The second kappa shape index (κ2) is 9.59. The number of nitriles is 1. The van der Waals surface area contributed by atoms with Crippen molar-refractivity contribution in [2.75, 3.05) is 23.8 Å². The summed E-state index contributed by atoms with van der Waals surface area (Å²) in [7, 11) is 0. The Labute approximate surface area is 205 Å². The summed E-state index contributed by atoms with van der Waals surface area (Å²) in [4.78, 5) is 15.2. The molecule has 3 heterocycles. The van der Waals surface area contributed by atoms with Crippen LogP contribution in [-0.2, 0) is 0 Å². The molecule has 3 aromatic rings. The highest BCUT2D eigenvalue weighted by Gasteiger charge is 2.31. The predicted molar refractivity (Wildman–Crippen MR) is 137 cm³/mol. The fourth-order valence-electron chi connectivity index (χ4n) is 4.76. The number of nitrogens with one attached hydrogen (secondary N) is 2. The van der Waals surface area contributed by atoms with E-state index >= 15 is 0 Å². The third kappa shape index (κ3) is 4.47. The number of anilines is 1. The van der Waals surface area contributed by atoms with Gasteiger partial charge in [0.25, 0.3) is 5.91 Å². The summed E-state index contributed by atoms with van der Waals surface area (Å²) in [6.45, 7) is 5.49. The van der Waals surface area contributed by atoms with E-state index in [1.54, 1.807) is 0 Å². The molecule has 0 bridgehead atoms. The summed E-state index contributed by atoms with van der Waals surface area (Å²) in [5, 5.41) is 13.4. The minimum atomic E-state index is -0.208. The van der Waals surface area contributed by atoms with Gasteiger partial charge in [-0.05, 0) is 75.1 Å². The van der Waals surface area contributed by atoms with Crippen molar-refractivity contribution in [2.45, 2.75) is 39.2 Å². The molecule has 1 atom stereocenters. The Morgan fingerprint density at radius 2 is 1.74 bits per heavy atom. The first kappa shape index (κ1) is 22.6. The number of hydrogen-bond acceptors (Lipinski definition) is 5. The van der Waals surface area contributed by atoms with Crippen LogP contribution in [-0.4, -0.2) is 34.6 Å². The third-order valence-corrected chi connectivity index (χ3v) is 6.63. The minimum absolute atomic E-state index is 0.0545. The molecular weight excluding hydrogens is 438 g/mol. The lowest BCUT2D eigenvalue weighted by Gasteiger charge is -2.28. The molecular formula is C28H29N5O2. The highest BCUT2D eigenvalue weighted by atomic mass is 16.5. The topological polar surface area (TPSA) is 82.3 Å². The first-order valence-electron chi connectivity index (χ1n) is 12.1. The Bertz CT molecular complexity index is 1300. The summed E-state index contributed by atoms with van der Waals surface area (Å²) in [5.41, 5.74) is 7.82. The summed E-state index contributed by atoms with van der Waals surface area (Å²) < 4.78 is 7.78. The molecule has 0 radical (unpaired) electrons. The number of ether oxygens (including phenoxy) is 1. The summed E-state index contributed by atoms with van der Waals surface area (Å²) in [5.74, 6) is 1.55. The molecule has 35 heavy (non-hydrogen) atoms. The SMILES string of the molecule is Cc1c(C(=O)N2CCCCC2)cn2c1C(Nc1ccc(Oc3ccccc3)cc1)=C(C#N)C(C)N2. The Morgan fingerprint density at radius 1 is 1.06 bits per heavy atom. The van der Waals surface area contributed by atoms with Crippen molar-refractivity contribution in [3.8, 4) is 17.6 Å². The smallest absolute Gasteiger partial charge is 0.255 e. The van der Waals surface area contributed by atoms with Crippen molar-refractivity contribution < 1.29 is 9.53 Å². The van der Waals surface area contributed by atoms with E-state index in [2.05, 4.69) is 16.8 Å². The molecule has 2 N–H and O–H groups in total. The normalized spacial score (nSPS) is 17.3. The van der Waals surface area contributed by atoms with Crippen LogP contribution in [0.5, 0.6) is 11.5 Å². The quantitative estimate of drug-likeness (QED) is 0.517. The van der Waals surface area contributed by atoms with Gasteiger partial charge in [-0.3, -0.25) is 9.47 Å². The van der Waals surface area contributed by atoms with E-state index in [0.717, 1.165) is 54.4 Å². The van der Waals surface area contributed by atoms with Crippen LogP contribution in [0, 0.1) is 18.3 Å². The first-order valence-corrected chi connectivity index (χ1v) is 12.1. The van der Waals surface area contributed by atoms with E-state index in [4.69, 9.17) is 4.74 Å². The summed E-state index contributed by atoms with van der Waals surface area (Å²) in [6.07, 6.45) is 5.13. The van der Waals surface area contributed by atoms with Crippen LogP contribution >= 0.6 is 0 Å². The Balaban J connectivity index is 1.44. The van der Waals surface area contributed by atoms with Crippen LogP contribution < -0.4 is 15.5 Å². The third-order valence-electron chi connectivity index (χ3n) is 6.63. The average molecular weight is 468 g/mol. The monoisotopic (exact) mass is 467 g/mol. The molecule has 178 valence electrons. The van der Waals surface area contributed by atoms with Gasteiger partial charge in [0.05, 0.1) is 34.6 Å². The van der Waals surface area contributed by atoms with Gasteiger partial charge in [-0.25, -0.2) is 0 Å². The van der Waals surface area contributed by atoms with Crippen molar-refractivity contribution >= 4 is 17.3 Å². The molecule has 0 spiro atoms. The number of rotatable bonds is 5. The van der Waals surface area contributed by atoms with E-state index in [1.165, 1.54) is 6.42 Å². The van der Waals surface area contributed by atoms with Crippen LogP contribution in [0.3, 0.4) is 0 Å². The number of aromatic nitrogens is 1. The van der Waals surface area contributed by atoms with Gasteiger partial charge in [-0.1, -0.05) is 18.2 Å². The van der Waals surface area contributed by atoms with Crippen molar-refractivity contribution in [1.29, 1.82) is 5.26 Å². The molecule has 5 rings (SSSR count). The lowest BCUT2D eigenvalue weighted by atomic mass is 10.0. The molecule has 7 heteroatoms. The maximum absolute atomic E-state index is 13.3. The molecule has 1 amide bonds. The highest BCUT2D eigenvalue weighted by Crippen LogP contribution is 2.33. The lowest BCUT2D eigenvalue weighted by Crippen LogP contribution is -2.35. The highest BCUT2D eigenvalue weighted by molar-refractivity contribution is 5.98. The van der Waals surface area contributed by atoms with Crippen LogP contribution in [0.25, 0.3) is 5.70 Å². The zero-order valence-corrected chi connectivity index (χ0v) is 20.0. The number of fused-ring (bicyclic) bond motifs is 1. The Hall–Kier alpha value is -4.18. The van der Waals surface area contributed by atoms with Gasteiger partial charge in [0.2, 0.25) is 0 Å². The van der Waals surface area contributed by atoms with Crippen LogP contribution in [0.15, 0.2) is 66.4 Å². The van der Waals surface area contributed by atoms with Gasteiger partial charge in [-0.2, -0.15) is 5.26 Å². The van der Waals surface area contributed by atoms with Crippen LogP contribution in [0.1, 0.15) is 47.8 Å². The van der Waals surface area contributed by atoms with Crippen LogP contribution in [0.2, 0.25) is 0 Å². The Morgan fingerprint density at radius 3 is 2.43 bits per heavy atom. The average Bonchev–Trinajstić information content (AvgIpc) is 3.21. The largest absolute Gasteiger partial charge is 0.457 e. The van der Waals surface area contributed by atoms with Gasteiger partial charge in [0, 0.05) is 25.0 Å². The molecule has 1 unspecified atom stereocenters. The molecule has 7 nitrogen and oxygen atoms in total. The van der Waals surface area contributed by atoms with Gasteiger partial charge in [0.1, 0.15) is 11.5 Å². The fourth-order valence-corrected chi connectivity index (χ4v) is 4.76. The van der Waals surface area contributed by atoms with E-state index in [-0.39, 0.29) is 11.9 Å². The standard InChI is InChI=1S/C28H29N5O2/c1-19-25(28(34)32-15-7-4-8-16-32)18-33-27(19)26(24(17-29)20(2)31-33)30-21-11-13-23(14-12-21)35-22-9-5-3-6-10-22/h3,5-6,9-14,18,20,30-31H,4,7-8,15-16H2,1-2H3. The number of amides is 1. The van der Waals surface area contributed by atoms with E-state index in [0.29, 0.717) is 16.8 Å². The molecule has 0 saturated carbocycles. The minimum Gasteiger partial charge on any atom is -0.457 e. The van der Waals surface area contributed by atoms with Gasteiger partial charge >= 0.3 is 0 Å². The van der Waals surface area contributed by atoms with Crippen molar-refractivity contribution in [2.24, 2.45) is 0 Å². The first-order chi connectivity index (χ1) is 17.0. The van der Waals surface area contributed by atoms with Gasteiger partial charge < -0.3 is 20.4 Å². The van der Waals surface area contributed by atoms with Gasteiger partial charge in [-0.15, -0.1) is 0 Å². The van der Waals surface area contributed by atoms with Crippen molar-refractivity contribution in [3.63, 3.8) is 0 Å². The molecule has 0 aliphatic carbocycles. The fraction of sp³-hybridized carbons (Fsp3) is 0.286. The van der Waals surface area contributed by atoms with E-state index in [1.807, 2.05) is 84.2 Å². The number of para-hydroxylation sites is 1. The predicted octanol–water partition coefficient (Wildman–Crippen LogP) is 5.51. The molecule has 2 aromatic carbocycles. The zero-order valence-electron chi connectivity index (χ0n) is 20.0. The number of carbonyl (C=O) groups excluding carboxylic acids is 1. The van der Waals surface area contributed by atoms with E-state index in [9.17, 15) is 10.1 Å². The molecule has 1 aromatic heterocycles. The second-order valence-corrected chi connectivity index (χ2v) is 9.06. The molecule has 2 aliphatic rings. The number of carbonyl (C=O) groups is 1.